The summed E-state index contributed by atoms with van der Waals surface area (Å²) in [7, 11) is 0. The van der Waals surface area contributed by atoms with Crippen molar-refractivity contribution < 1.29 is 14.3 Å². The van der Waals surface area contributed by atoms with Crippen LogP contribution in [-0.2, 0) is 11.2 Å². The minimum Gasteiger partial charge on any atom is -0.491 e. The molecule has 2 rings (SSSR count). The van der Waals surface area contributed by atoms with Crippen molar-refractivity contribution in [3.63, 3.8) is 0 Å². The minimum absolute atomic E-state index is 0.303. The molecule has 5 heteroatoms. The van der Waals surface area contributed by atoms with Crippen molar-refractivity contribution in [2.24, 2.45) is 0 Å². The molecule has 0 aliphatic carbocycles. The fraction of sp³-hybridized carbons (Fsp3) is 0.250. The van der Waals surface area contributed by atoms with Crippen LogP contribution in [0.5, 0.6) is 5.75 Å². The normalized spacial score (nSPS) is 10.1. The summed E-state index contributed by atoms with van der Waals surface area (Å²) >= 11 is 0. The molecule has 0 atom stereocenters. The third-order valence-corrected chi connectivity index (χ3v) is 2.90. The maximum Gasteiger partial charge on any atom is 0.340 e. The zero-order chi connectivity index (χ0) is 15.1. The highest BCUT2D eigenvalue weighted by atomic mass is 16.5. The number of ether oxygens (including phenoxy) is 2. The molecule has 0 bridgehead atoms. The number of aromatic nitrogens is 1. The number of rotatable bonds is 6. The fourth-order valence-electron chi connectivity index (χ4n) is 1.87. The number of carbonyl (C=O) groups is 1. The number of nitrogens with zero attached hydrogens (tertiary/aromatic N) is 1. The molecule has 2 N–H and O–H groups in total. The van der Waals surface area contributed by atoms with E-state index in [1.165, 1.54) is 0 Å². The van der Waals surface area contributed by atoms with Crippen LogP contribution >= 0.6 is 0 Å². The van der Waals surface area contributed by atoms with Crippen LogP contribution in [-0.4, -0.2) is 24.2 Å². The molecule has 0 saturated heterocycles. The molecule has 0 aliphatic rings. The summed E-state index contributed by atoms with van der Waals surface area (Å²) in [5, 5.41) is 0. The van der Waals surface area contributed by atoms with Crippen LogP contribution in [0.1, 0.15) is 23.0 Å². The lowest BCUT2D eigenvalue weighted by Gasteiger charge is -2.11. The van der Waals surface area contributed by atoms with Crippen LogP contribution in [0.25, 0.3) is 0 Å². The standard InChI is InChI=1S/C16H18N2O3/c1-2-20-16(19)13-7-5-8-14(15(13)17)21-11-9-12-6-3-4-10-18-12/h3-8,10H,2,9,11,17H2,1H3. The number of pyridine rings is 1. The number of nitrogen functional groups attached to an aromatic ring is 1. The molecule has 5 nitrogen and oxygen atoms in total. The highest BCUT2D eigenvalue weighted by Crippen LogP contribution is 2.25. The van der Waals surface area contributed by atoms with E-state index in [1.54, 1.807) is 31.3 Å². The van der Waals surface area contributed by atoms with Crippen molar-refractivity contribution in [3.8, 4) is 5.75 Å². The van der Waals surface area contributed by atoms with E-state index in [2.05, 4.69) is 4.98 Å². The second-order valence-electron chi connectivity index (χ2n) is 4.36. The summed E-state index contributed by atoms with van der Waals surface area (Å²) in [6.45, 7) is 2.50. The van der Waals surface area contributed by atoms with E-state index in [0.717, 1.165) is 5.69 Å². The van der Waals surface area contributed by atoms with E-state index in [1.807, 2.05) is 18.2 Å². The summed E-state index contributed by atoms with van der Waals surface area (Å²) < 4.78 is 10.6. The summed E-state index contributed by atoms with van der Waals surface area (Å²) in [6.07, 6.45) is 2.41. The quantitative estimate of drug-likeness (QED) is 0.652. The number of esters is 1. The van der Waals surface area contributed by atoms with E-state index < -0.39 is 5.97 Å². The van der Waals surface area contributed by atoms with Crippen molar-refractivity contribution >= 4 is 11.7 Å². The van der Waals surface area contributed by atoms with Crippen LogP contribution in [0.2, 0.25) is 0 Å². The molecule has 0 spiro atoms. The third-order valence-electron chi connectivity index (χ3n) is 2.90. The number of benzene rings is 1. The highest BCUT2D eigenvalue weighted by Gasteiger charge is 2.14. The van der Waals surface area contributed by atoms with Gasteiger partial charge in [-0.05, 0) is 31.2 Å². The molecule has 1 aromatic heterocycles. The average Bonchev–Trinajstić information content (AvgIpc) is 2.50. The first-order chi connectivity index (χ1) is 10.2. The first-order valence-electron chi connectivity index (χ1n) is 6.80. The lowest BCUT2D eigenvalue weighted by atomic mass is 10.1. The number of hydrogen-bond acceptors (Lipinski definition) is 5. The van der Waals surface area contributed by atoms with Gasteiger partial charge in [-0.25, -0.2) is 4.79 Å². The SMILES string of the molecule is CCOC(=O)c1cccc(OCCc2ccccn2)c1N. The van der Waals surface area contributed by atoms with E-state index in [-0.39, 0.29) is 0 Å². The third kappa shape index (κ3) is 3.95. The van der Waals surface area contributed by atoms with Gasteiger partial charge in [0.2, 0.25) is 0 Å². The maximum atomic E-state index is 11.7. The Morgan fingerprint density at radius 1 is 1.24 bits per heavy atom. The largest absolute Gasteiger partial charge is 0.491 e. The van der Waals surface area contributed by atoms with Gasteiger partial charge in [-0.2, -0.15) is 0 Å². The topological polar surface area (TPSA) is 74.4 Å². The van der Waals surface area contributed by atoms with Crippen molar-refractivity contribution in [2.45, 2.75) is 13.3 Å². The Hall–Kier alpha value is -2.56. The van der Waals surface area contributed by atoms with E-state index >= 15 is 0 Å². The van der Waals surface area contributed by atoms with Gasteiger partial charge in [0.15, 0.2) is 0 Å². The first-order valence-corrected chi connectivity index (χ1v) is 6.80. The Labute approximate surface area is 123 Å². The van der Waals surface area contributed by atoms with Gasteiger partial charge >= 0.3 is 5.97 Å². The number of para-hydroxylation sites is 1. The summed E-state index contributed by atoms with van der Waals surface area (Å²) in [6, 6.07) is 10.8. The summed E-state index contributed by atoms with van der Waals surface area (Å²) in [5.74, 6) is 0.0432. The number of nitrogens with two attached hydrogens (primary N) is 1. The van der Waals surface area contributed by atoms with Crippen molar-refractivity contribution in [3.05, 3.63) is 53.9 Å². The Kier molecular flexibility index (Phi) is 5.15. The molecule has 1 aromatic carbocycles. The molecule has 21 heavy (non-hydrogen) atoms. The molecule has 0 amide bonds. The lowest BCUT2D eigenvalue weighted by molar-refractivity contribution is 0.0527. The highest BCUT2D eigenvalue weighted by molar-refractivity contribution is 5.96. The molecule has 110 valence electrons. The van der Waals surface area contributed by atoms with Crippen molar-refractivity contribution in [2.75, 3.05) is 18.9 Å². The Balaban J connectivity index is 2.00. The van der Waals surface area contributed by atoms with Gasteiger partial charge in [0.1, 0.15) is 5.75 Å². The molecular formula is C16H18N2O3. The lowest BCUT2D eigenvalue weighted by Crippen LogP contribution is -2.10. The van der Waals surface area contributed by atoms with Gasteiger partial charge in [-0.15, -0.1) is 0 Å². The van der Waals surface area contributed by atoms with Gasteiger partial charge in [0, 0.05) is 18.3 Å². The van der Waals surface area contributed by atoms with Crippen LogP contribution in [0, 0.1) is 0 Å². The maximum absolute atomic E-state index is 11.7. The smallest absolute Gasteiger partial charge is 0.340 e. The van der Waals surface area contributed by atoms with E-state index in [4.69, 9.17) is 15.2 Å². The van der Waals surface area contributed by atoms with Crippen molar-refractivity contribution in [1.82, 2.24) is 4.98 Å². The molecule has 0 fully saturated rings. The summed E-state index contributed by atoms with van der Waals surface area (Å²) in [4.78, 5) is 16.0. The Morgan fingerprint density at radius 2 is 2.10 bits per heavy atom. The first kappa shape index (κ1) is 14.8. The second-order valence-corrected chi connectivity index (χ2v) is 4.36. The predicted octanol–water partition coefficient (Wildman–Crippen LogP) is 2.46. The van der Waals surface area contributed by atoms with Gasteiger partial charge in [0.25, 0.3) is 0 Å². The molecule has 1 heterocycles. The Bertz CT molecular complexity index is 600. The zero-order valence-corrected chi connectivity index (χ0v) is 11.9. The molecule has 0 unspecified atom stereocenters. The fourth-order valence-corrected chi connectivity index (χ4v) is 1.87. The molecular weight excluding hydrogens is 268 g/mol. The van der Waals surface area contributed by atoms with Gasteiger partial charge in [-0.3, -0.25) is 4.98 Å². The molecule has 0 radical (unpaired) electrons. The van der Waals surface area contributed by atoms with Gasteiger partial charge < -0.3 is 15.2 Å². The van der Waals surface area contributed by atoms with Gasteiger partial charge in [0.05, 0.1) is 24.5 Å². The number of hydrogen-bond donors (Lipinski definition) is 1. The monoisotopic (exact) mass is 286 g/mol. The predicted molar refractivity (Wildman–Crippen MR) is 80.2 cm³/mol. The zero-order valence-electron chi connectivity index (χ0n) is 11.9. The van der Waals surface area contributed by atoms with Crippen LogP contribution in [0.4, 0.5) is 5.69 Å². The number of carbonyl (C=O) groups excluding carboxylic acids is 1. The number of anilines is 1. The average molecular weight is 286 g/mol. The van der Waals surface area contributed by atoms with Crippen molar-refractivity contribution in [1.29, 1.82) is 0 Å². The minimum atomic E-state index is -0.440. The van der Waals surface area contributed by atoms with Gasteiger partial charge in [-0.1, -0.05) is 12.1 Å². The van der Waals surface area contributed by atoms with Crippen LogP contribution < -0.4 is 10.5 Å². The molecule has 2 aromatic rings. The van der Waals surface area contributed by atoms with E-state index in [9.17, 15) is 4.79 Å². The van der Waals surface area contributed by atoms with Crippen LogP contribution in [0.3, 0.4) is 0 Å². The summed E-state index contributed by atoms with van der Waals surface area (Å²) in [5.41, 5.74) is 7.52. The molecule has 0 saturated carbocycles. The Morgan fingerprint density at radius 3 is 2.81 bits per heavy atom. The van der Waals surface area contributed by atoms with E-state index in [0.29, 0.717) is 36.6 Å². The van der Waals surface area contributed by atoms with Crippen LogP contribution in [0.15, 0.2) is 42.6 Å². The second kappa shape index (κ2) is 7.28. The molecule has 0 aliphatic heterocycles.